The van der Waals surface area contributed by atoms with Crippen molar-refractivity contribution in [2.45, 2.75) is 20.3 Å². The quantitative estimate of drug-likeness (QED) is 0.684. The van der Waals surface area contributed by atoms with Crippen molar-refractivity contribution in [3.8, 4) is 6.07 Å². The molecule has 0 fully saturated rings. The minimum absolute atomic E-state index is 0.442. The summed E-state index contributed by atoms with van der Waals surface area (Å²) in [5.74, 6) is 0.936. The van der Waals surface area contributed by atoms with Gasteiger partial charge in [0.15, 0.2) is 0 Å². The third kappa shape index (κ3) is 1.18. The molecule has 2 nitrogen and oxygen atoms in total. The van der Waals surface area contributed by atoms with E-state index in [-0.39, 0.29) is 0 Å². The summed E-state index contributed by atoms with van der Waals surface area (Å²) in [7, 11) is 0. The molecule has 2 heteroatoms. The summed E-state index contributed by atoms with van der Waals surface area (Å²) < 4.78 is 5.58. The van der Waals surface area contributed by atoms with E-state index in [9.17, 15) is 0 Å². The Hall–Kier alpha value is -1.75. The van der Waals surface area contributed by atoms with Crippen LogP contribution in [0.3, 0.4) is 0 Å². The van der Waals surface area contributed by atoms with Gasteiger partial charge in [0.05, 0.1) is 12.5 Å². The van der Waals surface area contributed by atoms with Gasteiger partial charge in [0.2, 0.25) is 0 Å². The lowest BCUT2D eigenvalue weighted by Crippen LogP contribution is -1.83. The molecule has 0 saturated carbocycles. The lowest BCUT2D eigenvalue weighted by atomic mass is 10.0. The predicted octanol–water partition coefficient (Wildman–Crippen LogP) is 3.12. The number of fused-ring (bicyclic) bond motifs is 1. The molecule has 14 heavy (non-hydrogen) atoms. The van der Waals surface area contributed by atoms with Gasteiger partial charge < -0.3 is 4.42 Å². The summed E-state index contributed by atoms with van der Waals surface area (Å²) in [4.78, 5) is 0. The molecule has 0 N–H and O–H groups in total. The highest BCUT2D eigenvalue weighted by atomic mass is 16.3. The highest BCUT2D eigenvalue weighted by Crippen LogP contribution is 2.27. The van der Waals surface area contributed by atoms with E-state index in [0.29, 0.717) is 6.42 Å². The summed E-state index contributed by atoms with van der Waals surface area (Å²) in [5.41, 5.74) is 3.08. The molecule has 1 aromatic heterocycles. The molecule has 0 aliphatic rings. The van der Waals surface area contributed by atoms with E-state index < -0.39 is 0 Å². The Morgan fingerprint density at radius 3 is 2.86 bits per heavy atom. The molecular weight excluding hydrogens is 174 g/mol. The fraction of sp³-hybridized carbons (Fsp3) is 0.250. The van der Waals surface area contributed by atoms with Crippen LogP contribution < -0.4 is 0 Å². The molecular formula is C12H11NO. The summed E-state index contributed by atoms with van der Waals surface area (Å²) >= 11 is 0. The number of aryl methyl sites for hydroxylation is 2. The maximum absolute atomic E-state index is 8.70. The van der Waals surface area contributed by atoms with Crippen molar-refractivity contribution in [2.24, 2.45) is 0 Å². The van der Waals surface area contributed by atoms with Crippen molar-refractivity contribution in [3.05, 3.63) is 35.1 Å². The Morgan fingerprint density at radius 1 is 1.36 bits per heavy atom. The molecule has 2 aromatic rings. The Kier molecular flexibility index (Phi) is 2.01. The summed E-state index contributed by atoms with van der Waals surface area (Å²) in [6.07, 6.45) is 0.442. The molecule has 1 heterocycles. The van der Waals surface area contributed by atoms with Crippen molar-refractivity contribution in [1.29, 1.82) is 5.26 Å². The molecule has 70 valence electrons. The van der Waals surface area contributed by atoms with Gasteiger partial charge in [-0.15, -0.1) is 0 Å². The Labute approximate surface area is 82.8 Å². The lowest BCUT2D eigenvalue weighted by Gasteiger charge is -1.97. The van der Waals surface area contributed by atoms with Crippen LogP contribution in [0, 0.1) is 25.2 Å². The topological polar surface area (TPSA) is 36.9 Å². The van der Waals surface area contributed by atoms with Gasteiger partial charge in [-0.05, 0) is 31.0 Å². The van der Waals surface area contributed by atoms with Crippen molar-refractivity contribution in [2.75, 3.05) is 0 Å². The molecule has 0 saturated heterocycles. The molecule has 0 atom stereocenters. The van der Waals surface area contributed by atoms with Crippen molar-refractivity contribution in [1.82, 2.24) is 0 Å². The zero-order chi connectivity index (χ0) is 10.1. The number of hydrogen-bond donors (Lipinski definition) is 0. The molecule has 0 bridgehead atoms. The van der Waals surface area contributed by atoms with Crippen LogP contribution in [-0.2, 0) is 6.42 Å². The first kappa shape index (κ1) is 8.83. The smallest absolute Gasteiger partial charge is 0.134 e. The normalized spacial score (nSPS) is 10.4. The second-order valence-corrected chi connectivity index (χ2v) is 3.41. The zero-order valence-corrected chi connectivity index (χ0v) is 8.29. The number of rotatable bonds is 1. The minimum Gasteiger partial charge on any atom is -0.461 e. The number of hydrogen-bond acceptors (Lipinski definition) is 2. The third-order valence-corrected chi connectivity index (χ3v) is 2.55. The zero-order valence-electron chi connectivity index (χ0n) is 8.29. The molecule has 0 unspecified atom stereocenters. The Bertz CT molecular complexity index is 517. The first-order valence-corrected chi connectivity index (χ1v) is 4.58. The van der Waals surface area contributed by atoms with E-state index >= 15 is 0 Å². The van der Waals surface area contributed by atoms with E-state index in [1.54, 1.807) is 0 Å². The van der Waals surface area contributed by atoms with Gasteiger partial charge in [-0.25, -0.2) is 0 Å². The van der Waals surface area contributed by atoms with E-state index in [0.717, 1.165) is 27.9 Å². The van der Waals surface area contributed by atoms with Gasteiger partial charge in [0.1, 0.15) is 11.3 Å². The van der Waals surface area contributed by atoms with Crippen LogP contribution in [0.1, 0.15) is 16.9 Å². The van der Waals surface area contributed by atoms with Gasteiger partial charge in [0, 0.05) is 5.39 Å². The standard InChI is InChI=1S/C12H11NO/c1-8-9(2)14-11-5-3-4-10(6-7-13)12(8)11/h3-5H,6H2,1-2H3. The van der Waals surface area contributed by atoms with Gasteiger partial charge in [0.25, 0.3) is 0 Å². The minimum atomic E-state index is 0.442. The monoisotopic (exact) mass is 185 g/mol. The van der Waals surface area contributed by atoms with Gasteiger partial charge in [-0.2, -0.15) is 5.26 Å². The lowest BCUT2D eigenvalue weighted by molar-refractivity contribution is 0.575. The van der Waals surface area contributed by atoms with Crippen LogP contribution in [0.25, 0.3) is 11.0 Å². The van der Waals surface area contributed by atoms with Crippen LogP contribution in [0.2, 0.25) is 0 Å². The van der Waals surface area contributed by atoms with Crippen LogP contribution in [-0.4, -0.2) is 0 Å². The fourth-order valence-corrected chi connectivity index (χ4v) is 1.74. The average Bonchev–Trinajstić information content (AvgIpc) is 2.45. The fourth-order valence-electron chi connectivity index (χ4n) is 1.74. The maximum atomic E-state index is 8.70. The van der Waals surface area contributed by atoms with E-state index in [1.807, 2.05) is 32.0 Å². The highest BCUT2D eigenvalue weighted by Gasteiger charge is 2.09. The van der Waals surface area contributed by atoms with E-state index in [2.05, 4.69) is 6.07 Å². The molecule has 0 aliphatic carbocycles. The van der Waals surface area contributed by atoms with E-state index in [4.69, 9.17) is 9.68 Å². The Morgan fingerprint density at radius 2 is 2.14 bits per heavy atom. The van der Waals surface area contributed by atoms with Crippen molar-refractivity contribution in [3.63, 3.8) is 0 Å². The average molecular weight is 185 g/mol. The second kappa shape index (κ2) is 3.19. The van der Waals surface area contributed by atoms with Gasteiger partial charge in [-0.1, -0.05) is 12.1 Å². The van der Waals surface area contributed by atoms with Crippen LogP contribution in [0.15, 0.2) is 22.6 Å². The number of nitrogens with zero attached hydrogens (tertiary/aromatic N) is 1. The molecule has 0 amide bonds. The first-order valence-electron chi connectivity index (χ1n) is 4.58. The van der Waals surface area contributed by atoms with Crippen LogP contribution in [0.5, 0.6) is 0 Å². The SMILES string of the molecule is Cc1oc2cccc(CC#N)c2c1C. The van der Waals surface area contributed by atoms with Crippen molar-refractivity contribution < 1.29 is 4.42 Å². The molecule has 2 rings (SSSR count). The Balaban J connectivity index is 2.79. The molecule has 0 spiro atoms. The first-order chi connectivity index (χ1) is 6.74. The summed E-state index contributed by atoms with van der Waals surface area (Å²) in [6.45, 7) is 3.98. The van der Waals surface area contributed by atoms with Crippen molar-refractivity contribution >= 4 is 11.0 Å². The van der Waals surface area contributed by atoms with E-state index in [1.165, 1.54) is 0 Å². The predicted molar refractivity (Wildman–Crippen MR) is 55.0 cm³/mol. The third-order valence-electron chi connectivity index (χ3n) is 2.55. The van der Waals surface area contributed by atoms with Crippen LogP contribution >= 0.6 is 0 Å². The highest BCUT2D eigenvalue weighted by molar-refractivity contribution is 5.85. The summed E-state index contributed by atoms with van der Waals surface area (Å²) in [5, 5.41) is 9.80. The summed E-state index contributed by atoms with van der Waals surface area (Å²) in [6, 6.07) is 8.02. The van der Waals surface area contributed by atoms with Gasteiger partial charge >= 0.3 is 0 Å². The second-order valence-electron chi connectivity index (χ2n) is 3.41. The molecule has 0 radical (unpaired) electrons. The largest absolute Gasteiger partial charge is 0.461 e. The number of nitriles is 1. The number of benzene rings is 1. The van der Waals surface area contributed by atoms with Crippen LogP contribution in [0.4, 0.5) is 0 Å². The van der Waals surface area contributed by atoms with Gasteiger partial charge in [-0.3, -0.25) is 0 Å². The number of furan rings is 1. The molecule has 1 aromatic carbocycles. The maximum Gasteiger partial charge on any atom is 0.134 e. The molecule has 0 aliphatic heterocycles.